The van der Waals surface area contributed by atoms with E-state index in [1.165, 1.54) is 0 Å². The number of hydrogen-bond acceptors (Lipinski definition) is 3. The molecule has 5 nitrogen and oxygen atoms in total. The van der Waals surface area contributed by atoms with Crippen LogP contribution in [0.4, 0.5) is 4.79 Å². The molecule has 0 bridgehead atoms. The second-order valence-electron chi connectivity index (χ2n) is 8.55. The molecule has 0 spiro atoms. The number of likely N-dealkylation sites (tertiary alicyclic amines) is 1. The molecule has 2 aromatic carbocycles. The Morgan fingerprint density at radius 3 is 2.38 bits per heavy atom. The lowest BCUT2D eigenvalue weighted by atomic mass is 9.95. The average Bonchev–Trinajstić information content (AvgIpc) is 2.93. The van der Waals surface area contributed by atoms with Crippen LogP contribution in [0.2, 0.25) is 0 Å². The summed E-state index contributed by atoms with van der Waals surface area (Å²) in [4.78, 5) is 26.0. The third-order valence-corrected chi connectivity index (χ3v) is 5.10. The average molecular weight is 395 g/mol. The van der Waals surface area contributed by atoms with Gasteiger partial charge in [0.1, 0.15) is 5.60 Å². The van der Waals surface area contributed by atoms with Crippen molar-refractivity contribution in [2.45, 2.75) is 58.1 Å². The number of aromatic carboxylic acids is 1. The molecular formula is C24H29NO4. The van der Waals surface area contributed by atoms with Gasteiger partial charge in [0.15, 0.2) is 0 Å². The molecule has 2 aromatic rings. The number of carbonyl (C=O) groups is 2. The maximum absolute atomic E-state index is 12.9. The fraction of sp³-hybridized carbons (Fsp3) is 0.417. The predicted molar refractivity (Wildman–Crippen MR) is 113 cm³/mol. The van der Waals surface area contributed by atoms with Crippen LogP contribution < -0.4 is 0 Å². The molecule has 1 saturated heterocycles. The van der Waals surface area contributed by atoms with Gasteiger partial charge in [-0.25, -0.2) is 9.59 Å². The maximum Gasteiger partial charge on any atom is 0.410 e. The van der Waals surface area contributed by atoms with Gasteiger partial charge in [0.25, 0.3) is 0 Å². The van der Waals surface area contributed by atoms with Crippen LogP contribution in [0, 0.1) is 0 Å². The molecule has 0 aromatic heterocycles. The van der Waals surface area contributed by atoms with Gasteiger partial charge in [-0.1, -0.05) is 43.2 Å². The summed E-state index contributed by atoms with van der Waals surface area (Å²) >= 11 is 0. The van der Waals surface area contributed by atoms with Gasteiger partial charge >= 0.3 is 12.1 Å². The number of amides is 1. The third-order valence-electron chi connectivity index (χ3n) is 5.10. The van der Waals surface area contributed by atoms with Crippen molar-refractivity contribution < 1.29 is 19.4 Å². The summed E-state index contributed by atoms with van der Waals surface area (Å²) in [7, 11) is 0. The number of carboxylic acid groups (broad SMARTS) is 1. The maximum atomic E-state index is 12.9. The van der Waals surface area contributed by atoms with Crippen LogP contribution in [0.5, 0.6) is 0 Å². The summed E-state index contributed by atoms with van der Waals surface area (Å²) in [6.45, 7) is 6.33. The van der Waals surface area contributed by atoms with Crippen LogP contribution in [0.3, 0.4) is 0 Å². The minimum Gasteiger partial charge on any atom is -0.478 e. The Labute approximate surface area is 172 Å². The van der Waals surface area contributed by atoms with Gasteiger partial charge in [0, 0.05) is 6.54 Å². The number of carboxylic acids is 1. The van der Waals surface area contributed by atoms with Gasteiger partial charge < -0.3 is 14.7 Å². The second-order valence-corrected chi connectivity index (χ2v) is 8.55. The van der Waals surface area contributed by atoms with E-state index >= 15 is 0 Å². The Kier molecular flexibility index (Phi) is 6.26. The standard InChI is InChI=1S/C24H29NO4/c1-24(2,3)29-23(28)25-14-6-4-5-13-21(25)19-11-7-9-17(15-19)18-10-8-12-20(16-18)22(26)27/h7-12,15-16,21H,4-6,13-14H2,1-3H3,(H,26,27)/t21-/m0/s1. The lowest BCUT2D eigenvalue weighted by molar-refractivity contribution is 0.0163. The molecule has 0 radical (unpaired) electrons. The highest BCUT2D eigenvalue weighted by Crippen LogP contribution is 2.33. The Bertz CT molecular complexity index is 884. The normalized spacial score (nSPS) is 17.5. The number of hydrogen-bond donors (Lipinski definition) is 1. The molecular weight excluding hydrogens is 366 g/mol. The number of benzene rings is 2. The smallest absolute Gasteiger partial charge is 0.410 e. The molecule has 1 amide bonds. The first kappa shape index (κ1) is 20.9. The van der Waals surface area contributed by atoms with Gasteiger partial charge in [-0.2, -0.15) is 0 Å². The summed E-state index contributed by atoms with van der Waals surface area (Å²) in [5.41, 5.74) is 2.57. The lowest BCUT2D eigenvalue weighted by Crippen LogP contribution is -2.39. The largest absolute Gasteiger partial charge is 0.478 e. The summed E-state index contributed by atoms with van der Waals surface area (Å²) in [6.07, 6.45) is 3.73. The highest BCUT2D eigenvalue weighted by Gasteiger charge is 2.30. The number of carbonyl (C=O) groups excluding carboxylic acids is 1. The minimum absolute atomic E-state index is 0.0463. The molecule has 1 N–H and O–H groups in total. The predicted octanol–water partition coefficient (Wildman–Crippen LogP) is 5.90. The molecule has 1 atom stereocenters. The third kappa shape index (κ3) is 5.37. The Morgan fingerprint density at radius 1 is 1.00 bits per heavy atom. The number of nitrogens with zero attached hydrogens (tertiary/aromatic N) is 1. The van der Waals surface area contributed by atoms with E-state index in [4.69, 9.17) is 4.74 Å². The molecule has 1 fully saturated rings. The van der Waals surface area contributed by atoms with Crippen molar-refractivity contribution in [2.24, 2.45) is 0 Å². The minimum atomic E-state index is -0.942. The van der Waals surface area contributed by atoms with E-state index in [9.17, 15) is 14.7 Å². The molecule has 0 unspecified atom stereocenters. The van der Waals surface area contributed by atoms with Crippen LogP contribution in [-0.4, -0.2) is 34.2 Å². The van der Waals surface area contributed by atoms with Crippen molar-refractivity contribution in [3.8, 4) is 11.1 Å². The molecule has 1 heterocycles. The first-order valence-electron chi connectivity index (χ1n) is 10.2. The van der Waals surface area contributed by atoms with Crippen molar-refractivity contribution in [3.63, 3.8) is 0 Å². The van der Waals surface area contributed by atoms with E-state index in [2.05, 4.69) is 6.07 Å². The van der Waals surface area contributed by atoms with Crippen molar-refractivity contribution in [1.82, 2.24) is 4.90 Å². The van der Waals surface area contributed by atoms with Crippen LogP contribution in [-0.2, 0) is 4.74 Å². The van der Waals surface area contributed by atoms with Crippen molar-refractivity contribution in [3.05, 3.63) is 59.7 Å². The van der Waals surface area contributed by atoms with Crippen LogP contribution >= 0.6 is 0 Å². The highest BCUT2D eigenvalue weighted by atomic mass is 16.6. The fourth-order valence-electron chi connectivity index (χ4n) is 3.75. The number of ether oxygens (including phenoxy) is 1. The van der Waals surface area contributed by atoms with E-state index in [-0.39, 0.29) is 17.7 Å². The second kappa shape index (κ2) is 8.68. The lowest BCUT2D eigenvalue weighted by Gasteiger charge is -2.32. The fourth-order valence-corrected chi connectivity index (χ4v) is 3.75. The zero-order valence-corrected chi connectivity index (χ0v) is 17.4. The SMILES string of the molecule is CC(C)(C)OC(=O)N1CCCCC[C@H]1c1cccc(-c2cccc(C(=O)O)c2)c1. The molecule has 3 rings (SSSR count). The van der Waals surface area contributed by atoms with E-state index in [0.717, 1.165) is 42.4 Å². The van der Waals surface area contributed by atoms with Crippen molar-refractivity contribution in [1.29, 1.82) is 0 Å². The topological polar surface area (TPSA) is 66.8 Å². The summed E-state index contributed by atoms with van der Waals surface area (Å²) < 4.78 is 5.66. The van der Waals surface area contributed by atoms with E-state index in [0.29, 0.717) is 6.54 Å². The monoisotopic (exact) mass is 395 g/mol. The Morgan fingerprint density at radius 2 is 1.69 bits per heavy atom. The van der Waals surface area contributed by atoms with Crippen molar-refractivity contribution >= 4 is 12.1 Å². The van der Waals surface area contributed by atoms with E-state index in [1.54, 1.807) is 18.2 Å². The van der Waals surface area contributed by atoms with Gasteiger partial charge in [-0.05, 0) is 68.5 Å². The van der Waals surface area contributed by atoms with E-state index < -0.39 is 11.6 Å². The first-order chi connectivity index (χ1) is 13.7. The summed E-state index contributed by atoms with van der Waals surface area (Å²) in [5, 5.41) is 9.28. The Balaban J connectivity index is 1.93. The van der Waals surface area contributed by atoms with Crippen molar-refractivity contribution in [2.75, 3.05) is 6.54 Å². The first-order valence-corrected chi connectivity index (χ1v) is 10.2. The molecule has 1 aliphatic rings. The highest BCUT2D eigenvalue weighted by molar-refractivity contribution is 5.89. The molecule has 0 aliphatic carbocycles. The zero-order chi connectivity index (χ0) is 21.0. The quantitative estimate of drug-likeness (QED) is 0.702. The molecule has 0 saturated carbocycles. The Hall–Kier alpha value is -2.82. The van der Waals surface area contributed by atoms with Crippen LogP contribution in [0.15, 0.2) is 48.5 Å². The molecule has 5 heteroatoms. The molecule has 29 heavy (non-hydrogen) atoms. The van der Waals surface area contributed by atoms with Crippen LogP contribution in [0.1, 0.15) is 68.4 Å². The van der Waals surface area contributed by atoms with Gasteiger partial charge in [0.05, 0.1) is 11.6 Å². The summed E-state index contributed by atoms with van der Waals surface area (Å²) in [5.74, 6) is -0.942. The van der Waals surface area contributed by atoms with Gasteiger partial charge in [0.2, 0.25) is 0 Å². The van der Waals surface area contributed by atoms with Gasteiger partial charge in [-0.15, -0.1) is 0 Å². The van der Waals surface area contributed by atoms with Crippen LogP contribution in [0.25, 0.3) is 11.1 Å². The molecule has 154 valence electrons. The number of rotatable bonds is 3. The van der Waals surface area contributed by atoms with Gasteiger partial charge in [-0.3, -0.25) is 0 Å². The zero-order valence-electron chi connectivity index (χ0n) is 17.4. The summed E-state index contributed by atoms with van der Waals surface area (Å²) in [6, 6.07) is 14.9. The van der Waals surface area contributed by atoms with E-state index in [1.807, 2.05) is 49.9 Å². The molecule has 1 aliphatic heterocycles.